The predicted octanol–water partition coefficient (Wildman–Crippen LogP) is 2.20. The number of rotatable bonds is 3. The zero-order valence-corrected chi connectivity index (χ0v) is 13.1. The zero-order chi connectivity index (χ0) is 16.3. The maximum atomic E-state index is 12.7. The van der Waals surface area contributed by atoms with E-state index in [1.807, 2.05) is 20.8 Å². The third-order valence-electron chi connectivity index (χ3n) is 3.27. The summed E-state index contributed by atoms with van der Waals surface area (Å²) in [5.41, 5.74) is 6.84. The second kappa shape index (κ2) is 6.36. The van der Waals surface area contributed by atoms with Gasteiger partial charge in [-0.05, 0) is 39.0 Å². The zero-order valence-electron chi connectivity index (χ0n) is 13.1. The summed E-state index contributed by atoms with van der Waals surface area (Å²) < 4.78 is 18.5. The summed E-state index contributed by atoms with van der Waals surface area (Å²) in [7, 11) is 0. The highest BCUT2D eigenvalue weighted by Crippen LogP contribution is 2.31. The van der Waals surface area contributed by atoms with Gasteiger partial charge < -0.3 is 21.1 Å². The summed E-state index contributed by atoms with van der Waals surface area (Å²) in [6.45, 7) is 6.28. The van der Waals surface area contributed by atoms with Crippen LogP contribution in [0.3, 0.4) is 0 Å². The van der Waals surface area contributed by atoms with E-state index in [2.05, 4.69) is 10.6 Å². The lowest BCUT2D eigenvalue weighted by atomic mass is 10.1. The Morgan fingerprint density at radius 2 is 2.27 bits per heavy atom. The monoisotopic (exact) mass is 307 g/mol. The Bertz CT molecular complexity index is 594. The van der Waals surface area contributed by atoms with Crippen LogP contribution in [0.5, 0.6) is 5.75 Å². The second-order valence-electron chi connectivity index (χ2n) is 6.29. The fourth-order valence-electron chi connectivity index (χ4n) is 2.18. The first kappa shape index (κ1) is 16.3. The number of benzene rings is 1. The van der Waals surface area contributed by atoms with Crippen molar-refractivity contribution >= 4 is 11.6 Å². The van der Waals surface area contributed by atoms with Gasteiger partial charge in [-0.2, -0.15) is 0 Å². The molecule has 22 heavy (non-hydrogen) atoms. The van der Waals surface area contributed by atoms with E-state index < -0.39 is 6.10 Å². The first-order valence-electron chi connectivity index (χ1n) is 7.20. The highest BCUT2D eigenvalue weighted by atomic mass is 19.1. The van der Waals surface area contributed by atoms with Crippen LogP contribution in [0.2, 0.25) is 0 Å². The molecule has 0 bridgehead atoms. The average Bonchev–Trinajstić information content (AvgIpc) is 2.46. The van der Waals surface area contributed by atoms with Crippen LogP contribution in [-0.4, -0.2) is 30.6 Å². The summed E-state index contributed by atoms with van der Waals surface area (Å²) in [6, 6.07) is 5.12. The number of anilines is 1. The van der Waals surface area contributed by atoms with Gasteiger partial charge in [0.2, 0.25) is 0 Å². The normalized spacial score (nSPS) is 18.0. The average molecular weight is 307 g/mol. The molecular formula is C16H22FN3O2. The Balaban J connectivity index is 2.16. The van der Waals surface area contributed by atoms with Gasteiger partial charge in [0, 0.05) is 23.2 Å². The second-order valence-corrected chi connectivity index (χ2v) is 6.29. The van der Waals surface area contributed by atoms with Gasteiger partial charge in [0.05, 0.1) is 18.6 Å². The van der Waals surface area contributed by atoms with Crippen LogP contribution < -0.4 is 21.1 Å². The quantitative estimate of drug-likeness (QED) is 0.800. The molecule has 1 heterocycles. The molecule has 1 aliphatic rings. The Hall–Kier alpha value is -2.08. The molecule has 0 spiro atoms. The number of carbonyl (C=O) groups is 1. The molecule has 1 aromatic carbocycles. The molecule has 0 radical (unpaired) electrons. The first-order valence-corrected chi connectivity index (χ1v) is 7.20. The van der Waals surface area contributed by atoms with Gasteiger partial charge in [0.25, 0.3) is 5.91 Å². The van der Waals surface area contributed by atoms with Crippen molar-refractivity contribution in [2.75, 3.05) is 18.4 Å². The van der Waals surface area contributed by atoms with Crippen molar-refractivity contribution in [1.29, 1.82) is 0 Å². The molecular weight excluding hydrogens is 285 g/mol. The third kappa shape index (κ3) is 3.76. The number of nitrogens with two attached hydrogens (primary N) is 1. The molecule has 1 aliphatic heterocycles. The molecule has 0 aromatic heterocycles. The summed E-state index contributed by atoms with van der Waals surface area (Å²) in [5, 5.41) is 6.06. The lowest BCUT2D eigenvalue weighted by molar-refractivity contribution is 0.0919. The number of amides is 1. The van der Waals surface area contributed by atoms with Gasteiger partial charge in [0.1, 0.15) is 11.9 Å². The van der Waals surface area contributed by atoms with E-state index in [0.29, 0.717) is 35.4 Å². The molecule has 0 fully saturated rings. The van der Waals surface area contributed by atoms with E-state index in [4.69, 9.17) is 10.5 Å². The van der Waals surface area contributed by atoms with Crippen molar-refractivity contribution in [2.24, 2.45) is 5.73 Å². The fourth-order valence-corrected chi connectivity index (χ4v) is 2.18. The minimum absolute atomic E-state index is 0.101. The molecule has 1 atom stereocenters. The largest absolute Gasteiger partial charge is 0.482 e. The maximum Gasteiger partial charge on any atom is 0.251 e. The number of carbonyl (C=O) groups excluding carboxylic acids is 1. The predicted molar refractivity (Wildman–Crippen MR) is 84.8 cm³/mol. The van der Waals surface area contributed by atoms with Crippen LogP contribution in [0, 0.1) is 0 Å². The van der Waals surface area contributed by atoms with Crippen LogP contribution >= 0.6 is 0 Å². The van der Waals surface area contributed by atoms with Crippen molar-refractivity contribution in [1.82, 2.24) is 5.32 Å². The Morgan fingerprint density at radius 1 is 1.55 bits per heavy atom. The van der Waals surface area contributed by atoms with E-state index in [0.717, 1.165) is 0 Å². The Morgan fingerprint density at radius 3 is 2.86 bits per heavy atom. The van der Waals surface area contributed by atoms with Gasteiger partial charge >= 0.3 is 0 Å². The minimum atomic E-state index is -0.434. The smallest absolute Gasteiger partial charge is 0.251 e. The van der Waals surface area contributed by atoms with E-state index in [-0.39, 0.29) is 18.0 Å². The van der Waals surface area contributed by atoms with Crippen LogP contribution in [-0.2, 0) is 0 Å². The van der Waals surface area contributed by atoms with Gasteiger partial charge in [-0.15, -0.1) is 0 Å². The summed E-state index contributed by atoms with van der Waals surface area (Å²) in [6.07, 6.45) is 0.0550. The molecule has 1 aromatic rings. The Kier molecular flexibility index (Phi) is 4.71. The number of ether oxygens (including phenoxy) is 1. The van der Waals surface area contributed by atoms with Crippen LogP contribution in [0.1, 0.15) is 31.1 Å². The molecule has 1 amide bonds. The van der Waals surface area contributed by atoms with Crippen molar-refractivity contribution in [2.45, 2.75) is 32.4 Å². The van der Waals surface area contributed by atoms with E-state index in [1.165, 1.54) is 0 Å². The number of fused-ring (bicyclic) bond motifs is 1. The van der Waals surface area contributed by atoms with Crippen LogP contribution in [0.4, 0.5) is 10.1 Å². The highest BCUT2D eigenvalue weighted by Gasteiger charge is 2.24. The molecule has 0 saturated heterocycles. The van der Waals surface area contributed by atoms with Crippen LogP contribution in [0.15, 0.2) is 30.1 Å². The summed E-state index contributed by atoms with van der Waals surface area (Å²) >= 11 is 0. The van der Waals surface area contributed by atoms with E-state index in [9.17, 15) is 9.18 Å². The first-order chi connectivity index (χ1) is 10.3. The topological polar surface area (TPSA) is 76.4 Å². The molecule has 5 nitrogen and oxygen atoms in total. The molecule has 0 aliphatic carbocycles. The maximum absolute atomic E-state index is 12.7. The summed E-state index contributed by atoms with van der Waals surface area (Å²) in [5.74, 6) is 0.432. The standard InChI is InChI=1S/C16H22FN3O2/c1-16(2,3)20-15(21)10-4-5-13-12(6-10)19-9-14(22-13)11(7-17)8-18/h4-7,14,19H,8-9,18H2,1-3H3,(H,20,21). The van der Waals surface area contributed by atoms with Crippen molar-refractivity contribution in [3.05, 3.63) is 35.7 Å². The van der Waals surface area contributed by atoms with Gasteiger partial charge in [-0.25, -0.2) is 4.39 Å². The molecule has 2 rings (SSSR count). The summed E-state index contributed by atoms with van der Waals surface area (Å²) in [4.78, 5) is 12.2. The van der Waals surface area contributed by atoms with Crippen molar-refractivity contribution in [3.8, 4) is 5.75 Å². The lowest BCUT2D eigenvalue weighted by Gasteiger charge is -2.29. The fraction of sp³-hybridized carbons (Fsp3) is 0.438. The van der Waals surface area contributed by atoms with Crippen LogP contribution in [0.25, 0.3) is 0 Å². The SMILES string of the molecule is CC(C)(C)NC(=O)c1ccc2c(c1)NCC(C(=CF)CN)O2. The van der Waals surface area contributed by atoms with Crippen molar-refractivity contribution < 1.29 is 13.9 Å². The van der Waals surface area contributed by atoms with E-state index in [1.54, 1.807) is 18.2 Å². The molecule has 0 saturated carbocycles. The number of hydrogen-bond donors (Lipinski definition) is 3. The van der Waals surface area contributed by atoms with Gasteiger partial charge in [-0.1, -0.05) is 0 Å². The lowest BCUT2D eigenvalue weighted by Crippen LogP contribution is -2.40. The highest BCUT2D eigenvalue weighted by molar-refractivity contribution is 5.96. The molecule has 6 heteroatoms. The molecule has 1 unspecified atom stereocenters. The molecule has 120 valence electrons. The molecule has 4 N–H and O–H groups in total. The van der Waals surface area contributed by atoms with E-state index >= 15 is 0 Å². The van der Waals surface area contributed by atoms with Gasteiger partial charge in [-0.3, -0.25) is 4.79 Å². The Labute approximate surface area is 129 Å². The number of halogens is 1. The number of hydrogen-bond acceptors (Lipinski definition) is 4. The minimum Gasteiger partial charge on any atom is -0.482 e. The van der Waals surface area contributed by atoms with Gasteiger partial charge in [0.15, 0.2) is 0 Å². The number of nitrogens with one attached hydrogen (secondary N) is 2. The van der Waals surface area contributed by atoms with Crippen molar-refractivity contribution in [3.63, 3.8) is 0 Å². The third-order valence-corrected chi connectivity index (χ3v) is 3.27.